The Balaban J connectivity index is 1.73. The maximum Gasteiger partial charge on any atom is 0.251 e. The van der Waals surface area contributed by atoms with Gasteiger partial charge < -0.3 is 10.6 Å². The largest absolute Gasteiger partial charge is 0.345 e. The van der Waals surface area contributed by atoms with E-state index in [2.05, 4.69) is 15.6 Å². The third-order valence-electron chi connectivity index (χ3n) is 3.61. The van der Waals surface area contributed by atoms with E-state index in [-0.39, 0.29) is 18.2 Å². The molecule has 0 spiro atoms. The molecule has 2 N–H and O–H groups in total. The molecule has 1 aromatic heterocycles. The fourth-order valence-electron chi connectivity index (χ4n) is 2.41. The summed E-state index contributed by atoms with van der Waals surface area (Å²) >= 11 is 1.35. The van der Waals surface area contributed by atoms with Crippen LogP contribution in [0.2, 0.25) is 0 Å². The van der Waals surface area contributed by atoms with Gasteiger partial charge in [0, 0.05) is 17.1 Å². The Morgan fingerprint density at radius 3 is 2.32 bits per heavy atom. The van der Waals surface area contributed by atoms with E-state index in [0.717, 1.165) is 5.56 Å². The van der Waals surface area contributed by atoms with Crippen molar-refractivity contribution >= 4 is 28.3 Å². The molecular formula is C19H17N3O2S. The van der Waals surface area contributed by atoms with Crippen LogP contribution in [0.4, 0.5) is 5.13 Å². The number of thiazole rings is 1. The third kappa shape index (κ3) is 4.74. The van der Waals surface area contributed by atoms with Gasteiger partial charge in [-0.3, -0.25) is 9.59 Å². The van der Waals surface area contributed by atoms with Crippen molar-refractivity contribution in [3.63, 3.8) is 0 Å². The van der Waals surface area contributed by atoms with E-state index in [1.54, 1.807) is 23.7 Å². The first-order chi connectivity index (χ1) is 12.2. The van der Waals surface area contributed by atoms with E-state index >= 15 is 0 Å². The molecule has 0 bridgehead atoms. The molecule has 3 aromatic rings. The molecule has 126 valence electrons. The van der Waals surface area contributed by atoms with Gasteiger partial charge in [-0.15, -0.1) is 11.3 Å². The summed E-state index contributed by atoms with van der Waals surface area (Å²) < 4.78 is 0. The quantitative estimate of drug-likeness (QED) is 0.712. The fourth-order valence-corrected chi connectivity index (χ4v) is 2.95. The van der Waals surface area contributed by atoms with Crippen molar-refractivity contribution in [2.24, 2.45) is 0 Å². The van der Waals surface area contributed by atoms with Crippen molar-refractivity contribution in [1.82, 2.24) is 10.3 Å². The number of benzene rings is 2. The van der Waals surface area contributed by atoms with Gasteiger partial charge in [-0.2, -0.15) is 0 Å². The van der Waals surface area contributed by atoms with Crippen LogP contribution in [-0.4, -0.2) is 16.8 Å². The summed E-state index contributed by atoms with van der Waals surface area (Å²) in [6.45, 7) is 0. The van der Waals surface area contributed by atoms with E-state index in [9.17, 15) is 9.59 Å². The second-order valence-electron chi connectivity index (χ2n) is 5.39. The summed E-state index contributed by atoms with van der Waals surface area (Å²) in [6, 6.07) is 18.0. The van der Waals surface area contributed by atoms with E-state index in [1.807, 2.05) is 48.5 Å². The molecule has 0 aliphatic carbocycles. The lowest BCUT2D eigenvalue weighted by molar-refractivity contribution is -0.116. The maximum absolute atomic E-state index is 12.5. The number of rotatable bonds is 6. The average molecular weight is 351 g/mol. The normalized spacial score (nSPS) is 11.5. The molecule has 0 radical (unpaired) electrons. The zero-order valence-electron chi connectivity index (χ0n) is 13.4. The van der Waals surface area contributed by atoms with Gasteiger partial charge in [0.2, 0.25) is 5.91 Å². The molecule has 6 heteroatoms. The summed E-state index contributed by atoms with van der Waals surface area (Å²) in [4.78, 5) is 28.8. The number of hydrogen-bond acceptors (Lipinski definition) is 4. The number of nitrogens with one attached hydrogen (secondary N) is 2. The topological polar surface area (TPSA) is 71.1 Å². The smallest absolute Gasteiger partial charge is 0.251 e. The van der Waals surface area contributed by atoms with Crippen molar-refractivity contribution in [3.8, 4) is 0 Å². The standard InChI is InChI=1S/C19H17N3O2S/c23-17(22-19-20-11-12-25-19)13-16(14-7-3-1-4-8-14)21-18(24)15-9-5-2-6-10-15/h1-12,16H,13H2,(H,21,24)(H,20,22,23)/t16-/m1/s1. The van der Waals surface area contributed by atoms with Crippen LogP contribution >= 0.6 is 11.3 Å². The SMILES string of the molecule is O=C(C[C@@H](NC(=O)c1ccccc1)c1ccccc1)Nc1nccs1. The van der Waals surface area contributed by atoms with Crippen LogP contribution in [0.15, 0.2) is 72.2 Å². The number of nitrogens with zero attached hydrogens (tertiary/aromatic N) is 1. The van der Waals surface area contributed by atoms with Crippen LogP contribution in [0.3, 0.4) is 0 Å². The number of carbonyl (C=O) groups excluding carboxylic acids is 2. The fraction of sp³-hybridized carbons (Fsp3) is 0.105. The van der Waals surface area contributed by atoms with E-state index in [0.29, 0.717) is 10.7 Å². The molecule has 0 saturated carbocycles. The lowest BCUT2D eigenvalue weighted by atomic mass is 10.0. The zero-order chi connectivity index (χ0) is 17.5. The molecular weight excluding hydrogens is 334 g/mol. The molecule has 0 unspecified atom stereocenters. The Morgan fingerprint density at radius 1 is 1.00 bits per heavy atom. The van der Waals surface area contributed by atoms with Gasteiger partial charge in [-0.1, -0.05) is 48.5 Å². The third-order valence-corrected chi connectivity index (χ3v) is 4.30. The van der Waals surface area contributed by atoms with Gasteiger partial charge in [0.15, 0.2) is 5.13 Å². The van der Waals surface area contributed by atoms with Crippen LogP contribution < -0.4 is 10.6 Å². The summed E-state index contributed by atoms with van der Waals surface area (Å²) in [7, 11) is 0. The minimum absolute atomic E-state index is 0.127. The second-order valence-corrected chi connectivity index (χ2v) is 6.29. The van der Waals surface area contributed by atoms with Gasteiger partial charge in [-0.05, 0) is 17.7 Å². The molecule has 3 rings (SSSR count). The van der Waals surface area contributed by atoms with Crippen molar-refractivity contribution in [2.45, 2.75) is 12.5 Å². The Morgan fingerprint density at radius 2 is 1.68 bits per heavy atom. The zero-order valence-corrected chi connectivity index (χ0v) is 14.2. The van der Waals surface area contributed by atoms with Crippen molar-refractivity contribution in [2.75, 3.05) is 5.32 Å². The van der Waals surface area contributed by atoms with Crippen LogP contribution in [0.5, 0.6) is 0 Å². The predicted molar refractivity (Wildman–Crippen MR) is 98.5 cm³/mol. The lowest BCUT2D eigenvalue weighted by Crippen LogP contribution is -2.31. The first-order valence-corrected chi connectivity index (χ1v) is 8.70. The maximum atomic E-state index is 12.5. The Labute approximate surface area is 149 Å². The first-order valence-electron chi connectivity index (χ1n) is 7.82. The monoisotopic (exact) mass is 351 g/mol. The van der Waals surface area contributed by atoms with Gasteiger partial charge in [0.05, 0.1) is 12.5 Å². The number of anilines is 1. The Bertz CT molecular complexity index is 820. The van der Waals surface area contributed by atoms with Crippen LogP contribution in [0.25, 0.3) is 0 Å². The summed E-state index contributed by atoms with van der Waals surface area (Å²) in [5.74, 6) is -0.409. The highest BCUT2D eigenvalue weighted by Crippen LogP contribution is 2.19. The van der Waals surface area contributed by atoms with Crippen LogP contribution in [0.1, 0.15) is 28.4 Å². The Hall–Kier alpha value is -2.99. The highest BCUT2D eigenvalue weighted by Gasteiger charge is 2.19. The molecule has 1 heterocycles. The molecule has 25 heavy (non-hydrogen) atoms. The van der Waals surface area contributed by atoms with Crippen molar-refractivity contribution in [1.29, 1.82) is 0 Å². The second kappa shape index (κ2) is 8.21. The number of hydrogen-bond donors (Lipinski definition) is 2. The summed E-state index contributed by atoms with van der Waals surface area (Å²) in [5, 5.41) is 8.04. The molecule has 0 saturated heterocycles. The summed E-state index contributed by atoms with van der Waals surface area (Å²) in [6.07, 6.45) is 1.76. The summed E-state index contributed by atoms with van der Waals surface area (Å²) in [5.41, 5.74) is 1.44. The lowest BCUT2D eigenvalue weighted by Gasteiger charge is -2.19. The van der Waals surface area contributed by atoms with Crippen LogP contribution in [-0.2, 0) is 4.79 Å². The molecule has 2 aromatic carbocycles. The molecule has 0 aliphatic heterocycles. The molecule has 0 fully saturated rings. The molecule has 0 aliphatic rings. The predicted octanol–water partition coefficient (Wildman–Crippen LogP) is 3.64. The van der Waals surface area contributed by atoms with Gasteiger partial charge in [-0.25, -0.2) is 4.98 Å². The van der Waals surface area contributed by atoms with Crippen molar-refractivity contribution < 1.29 is 9.59 Å². The Kier molecular flexibility index (Phi) is 5.53. The minimum atomic E-state index is -0.422. The van der Waals surface area contributed by atoms with Gasteiger partial charge in [0.25, 0.3) is 5.91 Å². The van der Waals surface area contributed by atoms with E-state index in [4.69, 9.17) is 0 Å². The highest BCUT2D eigenvalue weighted by atomic mass is 32.1. The highest BCUT2D eigenvalue weighted by molar-refractivity contribution is 7.13. The average Bonchev–Trinajstić information content (AvgIpc) is 3.15. The number of amides is 2. The molecule has 5 nitrogen and oxygen atoms in total. The number of carbonyl (C=O) groups is 2. The molecule has 2 amide bonds. The van der Waals surface area contributed by atoms with E-state index in [1.165, 1.54) is 11.3 Å². The molecule has 1 atom stereocenters. The minimum Gasteiger partial charge on any atom is -0.345 e. The van der Waals surface area contributed by atoms with Gasteiger partial charge in [0.1, 0.15) is 0 Å². The number of aromatic nitrogens is 1. The van der Waals surface area contributed by atoms with Gasteiger partial charge >= 0.3 is 0 Å². The van der Waals surface area contributed by atoms with E-state index < -0.39 is 6.04 Å². The van der Waals surface area contributed by atoms with Crippen molar-refractivity contribution in [3.05, 3.63) is 83.4 Å². The first kappa shape index (κ1) is 16.9. The van der Waals surface area contributed by atoms with Crippen LogP contribution in [0, 0.1) is 0 Å².